The highest BCUT2D eigenvalue weighted by Gasteiger charge is 2.27. The van der Waals surface area contributed by atoms with Gasteiger partial charge in [0.2, 0.25) is 0 Å². The number of aliphatic hydroxyl groups excluding tert-OH is 2. The molecule has 2 rings (SSSR count). The molecule has 25 heavy (non-hydrogen) atoms. The second-order valence-electron chi connectivity index (χ2n) is 5.21. The molecule has 0 aliphatic rings. The molecule has 0 saturated heterocycles. The van der Waals surface area contributed by atoms with Gasteiger partial charge in [-0.2, -0.15) is 0 Å². The molecule has 3 N–H and O–H groups in total. The Hall–Kier alpha value is -2.58. The van der Waals surface area contributed by atoms with Crippen LogP contribution in [0.2, 0.25) is 0 Å². The van der Waals surface area contributed by atoms with Gasteiger partial charge in [0.25, 0.3) is 0 Å². The maximum atomic E-state index is 13.6. The minimum absolute atomic E-state index is 0.0154. The van der Waals surface area contributed by atoms with Crippen LogP contribution in [0.4, 0.5) is 18.0 Å². The van der Waals surface area contributed by atoms with Gasteiger partial charge >= 0.3 is 6.09 Å². The van der Waals surface area contributed by atoms with E-state index in [0.717, 1.165) is 5.56 Å². The third kappa shape index (κ3) is 4.94. The highest BCUT2D eigenvalue weighted by Crippen LogP contribution is 2.25. The number of amides is 1. The molecule has 0 spiro atoms. The molecule has 0 aromatic heterocycles. The minimum Gasteiger partial charge on any atom is -0.445 e. The van der Waals surface area contributed by atoms with Gasteiger partial charge in [0.1, 0.15) is 24.6 Å². The fourth-order valence-corrected chi connectivity index (χ4v) is 2.08. The molecule has 2 aromatic rings. The van der Waals surface area contributed by atoms with Gasteiger partial charge in [-0.1, -0.05) is 30.3 Å². The van der Waals surface area contributed by atoms with Gasteiger partial charge in [-0.15, -0.1) is 0 Å². The second kappa shape index (κ2) is 8.50. The summed E-state index contributed by atoms with van der Waals surface area (Å²) in [4.78, 5) is 11.5. The summed E-state index contributed by atoms with van der Waals surface area (Å²) in [5.74, 6) is -4.17. The number of alkyl carbamates (subject to hydrolysis) is 1. The zero-order valence-corrected chi connectivity index (χ0v) is 13.0. The third-order valence-electron chi connectivity index (χ3n) is 3.41. The zero-order valence-electron chi connectivity index (χ0n) is 13.0. The van der Waals surface area contributed by atoms with Crippen LogP contribution in [0.1, 0.15) is 17.2 Å². The Bertz CT molecular complexity index is 727. The summed E-state index contributed by atoms with van der Waals surface area (Å²) < 4.78 is 45.2. The number of ether oxygens (including phenoxy) is 1. The Morgan fingerprint density at radius 3 is 2.36 bits per heavy atom. The monoisotopic (exact) mass is 355 g/mol. The molecule has 2 aromatic carbocycles. The average Bonchev–Trinajstić information content (AvgIpc) is 2.62. The van der Waals surface area contributed by atoms with Crippen molar-refractivity contribution in [3.05, 3.63) is 71.0 Å². The number of nitrogens with one attached hydrogen (secondary N) is 1. The minimum atomic E-state index is -2.06. The van der Waals surface area contributed by atoms with Crippen molar-refractivity contribution in [1.29, 1.82) is 0 Å². The van der Waals surface area contributed by atoms with Crippen molar-refractivity contribution < 1.29 is 32.9 Å². The van der Waals surface area contributed by atoms with E-state index in [1.807, 2.05) is 0 Å². The SMILES string of the molecule is O=C(NCC(O)C(O)c1c(F)ccc(F)c1F)OCc1ccccc1. The van der Waals surface area contributed by atoms with E-state index in [9.17, 15) is 28.2 Å². The van der Waals surface area contributed by atoms with Crippen LogP contribution in [-0.4, -0.2) is 29.0 Å². The van der Waals surface area contributed by atoms with Crippen molar-refractivity contribution in [2.75, 3.05) is 6.54 Å². The van der Waals surface area contributed by atoms with E-state index in [2.05, 4.69) is 5.32 Å². The molecule has 2 unspecified atom stereocenters. The number of carbonyl (C=O) groups is 1. The third-order valence-corrected chi connectivity index (χ3v) is 3.41. The maximum Gasteiger partial charge on any atom is 0.407 e. The van der Waals surface area contributed by atoms with Crippen molar-refractivity contribution in [3.8, 4) is 0 Å². The van der Waals surface area contributed by atoms with E-state index < -0.39 is 47.9 Å². The van der Waals surface area contributed by atoms with Crippen LogP contribution in [0, 0.1) is 17.5 Å². The van der Waals surface area contributed by atoms with E-state index in [4.69, 9.17) is 4.74 Å². The molecule has 0 fully saturated rings. The molecule has 0 bridgehead atoms. The highest BCUT2D eigenvalue weighted by atomic mass is 19.2. The summed E-state index contributed by atoms with van der Waals surface area (Å²) in [5.41, 5.74) is -0.269. The molecule has 0 heterocycles. The lowest BCUT2D eigenvalue weighted by atomic mass is 10.0. The highest BCUT2D eigenvalue weighted by molar-refractivity contribution is 5.67. The molecule has 8 heteroatoms. The lowest BCUT2D eigenvalue weighted by Crippen LogP contribution is -2.36. The van der Waals surface area contributed by atoms with Crippen LogP contribution < -0.4 is 5.32 Å². The molecular weight excluding hydrogens is 339 g/mol. The number of rotatable bonds is 6. The Kier molecular flexibility index (Phi) is 6.37. The Labute approximate surface area is 141 Å². The summed E-state index contributed by atoms with van der Waals surface area (Å²) in [5, 5.41) is 21.7. The summed E-state index contributed by atoms with van der Waals surface area (Å²) in [6, 6.07) is 9.99. The quantitative estimate of drug-likeness (QED) is 0.696. The first kappa shape index (κ1) is 18.8. The molecule has 134 valence electrons. The van der Waals surface area contributed by atoms with Crippen molar-refractivity contribution in [3.63, 3.8) is 0 Å². The van der Waals surface area contributed by atoms with Gasteiger partial charge in [-0.3, -0.25) is 0 Å². The summed E-state index contributed by atoms with van der Waals surface area (Å²) in [6.07, 6.45) is -4.73. The van der Waals surface area contributed by atoms with E-state index in [0.29, 0.717) is 12.1 Å². The van der Waals surface area contributed by atoms with Crippen molar-refractivity contribution in [1.82, 2.24) is 5.32 Å². The lowest BCUT2D eigenvalue weighted by Gasteiger charge is -2.19. The fraction of sp³-hybridized carbons (Fsp3) is 0.235. The molecule has 0 radical (unpaired) electrons. The van der Waals surface area contributed by atoms with Crippen molar-refractivity contribution in [2.24, 2.45) is 0 Å². The van der Waals surface area contributed by atoms with Crippen LogP contribution in [0.3, 0.4) is 0 Å². The van der Waals surface area contributed by atoms with Crippen LogP contribution in [-0.2, 0) is 11.3 Å². The molecule has 2 atom stereocenters. The van der Waals surface area contributed by atoms with Crippen LogP contribution in [0.5, 0.6) is 0 Å². The number of hydrogen-bond acceptors (Lipinski definition) is 4. The molecule has 0 aliphatic carbocycles. The number of aliphatic hydroxyl groups is 2. The standard InChI is InChI=1S/C17H16F3NO4/c18-11-6-7-12(19)15(20)14(11)16(23)13(22)8-21-17(24)25-9-10-4-2-1-3-5-10/h1-7,13,16,22-23H,8-9H2,(H,21,24). The van der Waals surface area contributed by atoms with Gasteiger partial charge < -0.3 is 20.3 Å². The lowest BCUT2D eigenvalue weighted by molar-refractivity contribution is 0.0138. The van der Waals surface area contributed by atoms with E-state index >= 15 is 0 Å². The second-order valence-corrected chi connectivity index (χ2v) is 5.21. The molecular formula is C17H16F3NO4. The predicted octanol–water partition coefficient (Wildman–Crippen LogP) is 2.42. The smallest absolute Gasteiger partial charge is 0.407 e. The number of hydrogen-bond donors (Lipinski definition) is 3. The first-order chi connectivity index (χ1) is 11.9. The van der Waals surface area contributed by atoms with Gasteiger partial charge in [-0.25, -0.2) is 18.0 Å². The van der Waals surface area contributed by atoms with Crippen LogP contribution in [0.15, 0.2) is 42.5 Å². The maximum absolute atomic E-state index is 13.6. The first-order valence-electron chi connectivity index (χ1n) is 7.34. The molecule has 0 saturated carbocycles. The fourth-order valence-electron chi connectivity index (χ4n) is 2.08. The molecule has 0 aliphatic heterocycles. The Morgan fingerprint density at radius 2 is 1.68 bits per heavy atom. The number of benzene rings is 2. The normalized spacial score (nSPS) is 13.2. The Morgan fingerprint density at radius 1 is 1.04 bits per heavy atom. The first-order valence-corrected chi connectivity index (χ1v) is 7.34. The van der Waals surface area contributed by atoms with Crippen LogP contribution in [0.25, 0.3) is 0 Å². The van der Waals surface area contributed by atoms with E-state index in [1.165, 1.54) is 0 Å². The van der Waals surface area contributed by atoms with Crippen molar-refractivity contribution in [2.45, 2.75) is 18.8 Å². The summed E-state index contributed by atoms with van der Waals surface area (Å²) in [6.45, 7) is -0.567. The Balaban J connectivity index is 1.88. The predicted molar refractivity (Wildman–Crippen MR) is 81.9 cm³/mol. The largest absolute Gasteiger partial charge is 0.445 e. The van der Waals surface area contributed by atoms with Gasteiger partial charge in [-0.05, 0) is 17.7 Å². The summed E-state index contributed by atoms with van der Waals surface area (Å²) >= 11 is 0. The number of carbonyl (C=O) groups excluding carboxylic acids is 1. The molecule has 5 nitrogen and oxygen atoms in total. The average molecular weight is 355 g/mol. The van der Waals surface area contributed by atoms with Gasteiger partial charge in [0, 0.05) is 6.54 Å². The molecule has 1 amide bonds. The van der Waals surface area contributed by atoms with E-state index in [-0.39, 0.29) is 6.61 Å². The summed E-state index contributed by atoms with van der Waals surface area (Å²) in [7, 11) is 0. The van der Waals surface area contributed by atoms with Crippen LogP contribution >= 0.6 is 0 Å². The van der Waals surface area contributed by atoms with Crippen molar-refractivity contribution >= 4 is 6.09 Å². The zero-order chi connectivity index (χ0) is 18.4. The van der Waals surface area contributed by atoms with E-state index in [1.54, 1.807) is 30.3 Å². The topological polar surface area (TPSA) is 78.8 Å². The number of halogens is 3. The van der Waals surface area contributed by atoms with Gasteiger partial charge in [0.15, 0.2) is 11.6 Å². The van der Waals surface area contributed by atoms with Gasteiger partial charge in [0.05, 0.1) is 5.56 Å².